The number of carbonyl (C=O) groups excluding carboxylic acids is 1. The van der Waals surface area contributed by atoms with E-state index in [9.17, 15) is 13.6 Å². The van der Waals surface area contributed by atoms with Gasteiger partial charge in [-0.15, -0.1) is 0 Å². The minimum atomic E-state index is -0.310. The normalized spacial score (nSPS) is 10.2. The van der Waals surface area contributed by atoms with Crippen molar-refractivity contribution in [3.8, 4) is 22.3 Å². The van der Waals surface area contributed by atoms with E-state index >= 15 is 0 Å². The number of benzene rings is 3. The van der Waals surface area contributed by atoms with E-state index in [-0.39, 0.29) is 24.0 Å². The quantitative estimate of drug-likeness (QED) is 0.529. The molecule has 0 heterocycles. The van der Waals surface area contributed by atoms with Gasteiger partial charge in [-0.05, 0) is 71.1 Å². The molecule has 0 saturated heterocycles. The monoisotopic (exact) mass is 425 g/mol. The standard InChI is InChI=1S/C22H20F2N2O.C3H9N/c23-20-5-1-16(2-6-20)18-11-15(13-22(27)26-10-9-25)12-19(14-18)17-3-7-21(24)8-4-17;1-2-3-4/h1-8,11-12,14H,9-10,13,25H2,(H,26,27);2-4H2,1H3. The molecule has 0 saturated carbocycles. The van der Waals surface area contributed by atoms with Gasteiger partial charge < -0.3 is 16.8 Å². The van der Waals surface area contributed by atoms with E-state index in [4.69, 9.17) is 11.5 Å². The number of hydrogen-bond donors (Lipinski definition) is 3. The van der Waals surface area contributed by atoms with Gasteiger partial charge in [-0.25, -0.2) is 8.78 Å². The summed E-state index contributed by atoms with van der Waals surface area (Å²) in [6, 6.07) is 18.1. The molecule has 0 unspecified atom stereocenters. The van der Waals surface area contributed by atoms with Gasteiger partial charge in [0, 0.05) is 13.1 Å². The van der Waals surface area contributed by atoms with Crippen molar-refractivity contribution < 1.29 is 13.6 Å². The zero-order chi connectivity index (χ0) is 22.6. The molecule has 31 heavy (non-hydrogen) atoms. The number of amides is 1. The van der Waals surface area contributed by atoms with Crippen LogP contribution in [0.4, 0.5) is 8.78 Å². The summed E-state index contributed by atoms with van der Waals surface area (Å²) < 4.78 is 26.5. The molecule has 0 atom stereocenters. The van der Waals surface area contributed by atoms with Crippen LogP contribution in [0.1, 0.15) is 18.9 Å². The number of nitrogens with two attached hydrogens (primary N) is 2. The average Bonchev–Trinajstić information content (AvgIpc) is 2.78. The van der Waals surface area contributed by atoms with E-state index in [0.29, 0.717) is 13.1 Å². The highest BCUT2D eigenvalue weighted by Crippen LogP contribution is 2.29. The molecule has 5 N–H and O–H groups in total. The van der Waals surface area contributed by atoms with Gasteiger partial charge in [0.05, 0.1) is 6.42 Å². The lowest BCUT2D eigenvalue weighted by atomic mass is 9.95. The summed E-state index contributed by atoms with van der Waals surface area (Å²) in [6.07, 6.45) is 1.29. The lowest BCUT2D eigenvalue weighted by Crippen LogP contribution is -2.30. The number of carbonyl (C=O) groups is 1. The summed E-state index contributed by atoms with van der Waals surface area (Å²) in [6.45, 7) is 3.67. The van der Waals surface area contributed by atoms with Crippen molar-refractivity contribution in [2.45, 2.75) is 19.8 Å². The summed E-state index contributed by atoms with van der Waals surface area (Å²) in [5.41, 5.74) is 14.7. The van der Waals surface area contributed by atoms with Gasteiger partial charge in [0.1, 0.15) is 11.6 Å². The largest absolute Gasteiger partial charge is 0.355 e. The van der Waals surface area contributed by atoms with Crippen molar-refractivity contribution >= 4 is 5.91 Å². The molecule has 3 aromatic carbocycles. The zero-order valence-corrected chi connectivity index (χ0v) is 17.7. The summed E-state index contributed by atoms with van der Waals surface area (Å²) in [5.74, 6) is -0.744. The molecule has 0 aliphatic rings. The van der Waals surface area contributed by atoms with Crippen molar-refractivity contribution in [1.29, 1.82) is 0 Å². The molecule has 1 amide bonds. The number of rotatable bonds is 7. The summed E-state index contributed by atoms with van der Waals surface area (Å²) in [4.78, 5) is 12.1. The Balaban J connectivity index is 0.000000785. The third-order valence-corrected chi connectivity index (χ3v) is 4.47. The predicted molar refractivity (Wildman–Crippen MR) is 122 cm³/mol. The Morgan fingerprint density at radius 1 is 0.774 bits per heavy atom. The summed E-state index contributed by atoms with van der Waals surface area (Å²) >= 11 is 0. The van der Waals surface area contributed by atoms with Crippen LogP contribution in [0.5, 0.6) is 0 Å². The highest BCUT2D eigenvalue weighted by Gasteiger charge is 2.09. The maximum absolute atomic E-state index is 13.3. The van der Waals surface area contributed by atoms with Crippen LogP contribution in [0.2, 0.25) is 0 Å². The molecule has 3 aromatic rings. The van der Waals surface area contributed by atoms with Crippen LogP contribution in [0.3, 0.4) is 0 Å². The Hall–Kier alpha value is -3.09. The fourth-order valence-electron chi connectivity index (χ4n) is 2.87. The van der Waals surface area contributed by atoms with E-state index < -0.39 is 0 Å². The first-order valence-electron chi connectivity index (χ1n) is 10.3. The number of halogens is 2. The van der Waals surface area contributed by atoms with Gasteiger partial charge in [-0.3, -0.25) is 4.79 Å². The Morgan fingerprint density at radius 2 is 1.23 bits per heavy atom. The predicted octanol–water partition coefficient (Wildman–Crippen LogP) is 4.27. The maximum atomic E-state index is 13.3. The molecule has 0 fully saturated rings. The summed E-state index contributed by atoms with van der Waals surface area (Å²) in [5, 5.41) is 2.75. The van der Waals surface area contributed by atoms with E-state index in [2.05, 4.69) is 12.2 Å². The van der Waals surface area contributed by atoms with Gasteiger partial charge in [0.2, 0.25) is 5.91 Å². The van der Waals surface area contributed by atoms with Crippen LogP contribution in [-0.4, -0.2) is 25.5 Å². The smallest absolute Gasteiger partial charge is 0.224 e. The second kappa shape index (κ2) is 12.6. The Labute approximate surface area is 182 Å². The van der Waals surface area contributed by atoms with Crippen molar-refractivity contribution in [3.05, 3.63) is 83.9 Å². The molecular weight excluding hydrogens is 396 g/mol. The van der Waals surface area contributed by atoms with Crippen LogP contribution < -0.4 is 16.8 Å². The SMILES string of the molecule is CCCN.NCCNC(=O)Cc1cc(-c2ccc(F)cc2)cc(-c2ccc(F)cc2)c1. The van der Waals surface area contributed by atoms with Gasteiger partial charge in [0.25, 0.3) is 0 Å². The maximum Gasteiger partial charge on any atom is 0.224 e. The third-order valence-electron chi connectivity index (χ3n) is 4.47. The molecule has 0 bridgehead atoms. The second-order valence-corrected chi connectivity index (χ2v) is 7.04. The van der Waals surface area contributed by atoms with Crippen LogP contribution in [0, 0.1) is 11.6 Å². The van der Waals surface area contributed by atoms with Crippen molar-refractivity contribution in [2.75, 3.05) is 19.6 Å². The molecule has 3 rings (SSSR count). The van der Waals surface area contributed by atoms with Gasteiger partial charge in [-0.2, -0.15) is 0 Å². The minimum Gasteiger partial charge on any atom is -0.355 e. The first-order valence-corrected chi connectivity index (χ1v) is 10.3. The number of nitrogens with one attached hydrogen (secondary N) is 1. The second-order valence-electron chi connectivity index (χ2n) is 7.04. The fourth-order valence-corrected chi connectivity index (χ4v) is 2.87. The Morgan fingerprint density at radius 3 is 1.61 bits per heavy atom. The number of hydrogen-bond acceptors (Lipinski definition) is 3. The van der Waals surface area contributed by atoms with Crippen LogP contribution in [0.15, 0.2) is 66.7 Å². The molecule has 164 valence electrons. The van der Waals surface area contributed by atoms with Gasteiger partial charge >= 0.3 is 0 Å². The third kappa shape index (κ3) is 7.92. The van der Waals surface area contributed by atoms with Crippen molar-refractivity contribution in [1.82, 2.24) is 5.32 Å². The highest BCUT2D eigenvalue weighted by atomic mass is 19.1. The van der Waals surface area contributed by atoms with Crippen LogP contribution in [0.25, 0.3) is 22.3 Å². The minimum absolute atomic E-state index is 0.123. The fraction of sp³-hybridized carbons (Fsp3) is 0.240. The molecule has 0 aliphatic carbocycles. The lowest BCUT2D eigenvalue weighted by Gasteiger charge is -2.11. The highest BCUT2D eigenvalue weighted by molar-refractivity contribution is 5.81. The van der Waals surface area contributed by atoms with E-state index in [1.165, 1.54) is 24.3 Å². The van der Waals surface area contributed by atoms with Crippen LogP contribution in [-0.2, 0) is 11.2 Å². The van der Waals surface area contributed by atoms with Crippen molar-refractivity contribution in [2.24, 2.45) is 11.5 Å². The van der Waals surface area contributed by atoms with Gasteiger partial charge in [-0.1, -0.05) is 43.3 Å². The lowest BCUT2D eigenvalue weighted by molar-refractivity contribution is -0.120. The molecule has 6 heteroatoms. The Kier molecular flexibility index (Phi) is 9.81. The van der Waals surface area contributed by atoms with E-state index in [1.807, 2.05) is 18.2 Å². The molecular formula is C25H29F2N3O. The first kappa shape index (κ1) is 24.2. The Bertz CT molecular complexity index is 892. The zero-order valence-electron chi connectivity index (χ0n) is 17.7. The molecule has 0 aliphatic heterocycles. The van der Waals surface area contributed by atoms with E-state index in [0.717, 1.165) is 40.8 Å². The first-order chi connectivity index (χ1) is 15.0. The van der Waals surface area contributed by atoms with E-state index in [1.54, 1.807) is 24.3 Å². The molecule has 0 radical (unpaired) electrons. The average molecular weight is 426 g/mol. The van der Waals surface area contributed by atoms with Gasteiger partial charge in [0.15, 0.2) is 0 Å². The molecule has 4 nitrogen and oxygen atoms in total. The van der Waals surface area contributed by atoms with Crippen molar-refractivity contribution in [3.63, 3.8) is 0 Å². The molecule has 0 spiro atoms. The van der Waals surface area contributed by atoms with Crippen LogP contribution >= 0.6 is 0 Å². The molecule has 0 aromatic heterocycles. The summed E-state index contributed by atoms with van der Waals surface area (Å²) in [7, 11) is 0. The topological polar surface area (TPSA) is 81.1 Å².